The first kappa shape index (κ1) is 15.0. The molecule has 1 amide bonds. The van der Waals surface area contributed by atoms with Gasteiger partial charge in [-0.3, -0.25) is 4.79 Å². The molecular formula is C15H14BrClN2O. The average Bonchev–Trinajstić information content (AvgIpc) is 2.39. The van der Waals surface area contributed by atoms with Crippen molar-refractivity contribution in [2.24, 2.45) is 0 Å². The van der Waals surface area contributed by atoms with E-state index in [4.69, 9.17) is 11.6 Å². The van der Waals surface area contributed by atoms with Crippen molar-refractivity contribution in [3.8, 4) is 0 Å². The van der Waals surface area contributed by atoms with Gasteiger partial charge in [0.2, 0.25) is 0 Å². The van der Waals surface area contributed by atoms with Crippen molar-refractivity contribution in [3.05, 3.63) is 63.3 Å². The number of carbonyl (C=O) groups is 1. The molecular weight excluding hydrogens is 340 g/mol. The third-order valence-electron chi connectivity index (χ3n) is 2.77. The first-order valence-corrected chi connectivity index (χ1v) is 7.38. The maximum atomic E-state index is 12.0. The molecule has 2 aromatic rings. The van der Waals surface area contributed by atoms with E-state index in [0.717, 1.165) is 16.5 Å². The molecule has 0 radical (unpaired) electrons. The smallest absolute Gasteiger partial charge is 0.270 e. The molecule has 0 saturated carbocycles. The Balaban J connectivity index is 1.95. The molecule has 0 aliphatic rings. The van der Waals surface area contributed by atoms with Gasteiger partial charge in [-0.15, -0.1) is 0 Å². The van der Waals surface area contributed by atoms with Crippen LogP contribution in [0.25, 0.3) is 0 Å². The molecule has 0 fully saturated rings. The number of hydrogen-bond donors (Lipinski definition) is 1. The highest BCUT2D eigenvalue weighted by molar-refractivity contribution is 9.10. The molecule has 0 aliphatic heterocycles. The van der Waals surface area contributed by atoms with Crippen molar-refractivity contribution < 1.29 is 4.79 Å². The maximum absolute atomic E-state index is 12.0. The van der Waals surface area contributed by atoms with Crippen molar-refractivity contribution in [2.45, 2.75) is 19.4 Å². The molecule has 1 unspecified atom stereocenters. The Morgan fingerprint density at radius 3 is 2.85 bits per heavy atom. The third-order valence-corrected chi connectivity index (χ3v) is 3.47. The van der Waals surface area contributed by atoms with Gasteiger partial charge in [0.25, 0.3) is 5.91 Å². The van der Waals surface area contributed by atoms with E-state index >= 15 is 0 Å². The quantitative estimate of drug-likeness (QED) is 0.907. The molecule has 1 aromatic carbocycles. The predicted molar refractivity (Wildman–Crippen MR) is 84.0 cm³/mol. The van der Waals surface area contributed by atoms with Gasteiger partial charge in [0.1, 0.15) is 5.69 Å². The molecule has 0 aliphatic carbocycles. The van der Waals surface area contributed by atoms with E-state index in [9.17, 15) is 4.79 Å². The van der Waals surface area contributed by atoms with Crippen molar-refractivity contribution in [2.75, 3.05) is 0 Å². The molecule has 2 rings (SSSR count). The molecule has 1 aromatic heterocycles. The second-order valence-electron chi connectivity index (χ2n) is 4.57. The largest absolute Gasteiger partial charge is 0.348 e. The first-order valence-electron chi connectivity index (χ1n) is 6.21. The number of aromatic nitrogens is 1. The zero-order valence-electron chi connectivity index (χ0n) is 10.9. The molecule has 1 atom stereocenters. The summed E-state index contributed by atoms with van der Waals surface area (Å²) in [6, 6.07) is 11.1. The summed E-state index contributed by atoms with van der Waals surface area (Å²) < 4.78 is 0.848. The summed E-state index contributed by atoms with van der Waals surface area (Å²) in [5.41, 5.74) is 1.50. The van der Waals surface area contributed by atoms with Gasteiger partial charge in [0.05, 0.1) is 0 Å². The Bertz CT molecular complexity index is 601. The van der Waals surface area contributed by atoms with Crippen molar-refractivity contribution in [1.82, 2.24) is 10.3 Å². The number of rotatable bonds is 4. The Kier molecular flexibility index (Phi) is 5.15. The number of hydrogen-bond acceptors (Lipinski definition) is 2. The number of nitrogens with zero attached hydrogens (tertiary/aromatic N) is 1. The van der Waals surface area contributed by atoms with Gasteiger partial charge in [0, 0.05) is 21.7 Å². The second kappa shape index (κ2) is 6.86. The second-order valence-corrected chi connectivity index (χ2v) is 5.92. The summed E-state index contributed by atoms with van der Waals surface area (Å²) in [5.74, 6) is -0.174. The van der Waals surface area contributed by atoms with E-state index in [-0.39, 0.29) is 11.9 Å². The highest BCUT2D eigenvalue weighted by Crippen LogP contribution is 2.12. The maximum Gasteiger partial charge on any atom is 0.270 e. The Labute approximate surface area is 131 Å². The van der Waals surface area contributed by atoms with E-state index in [1.54, 1.807) is 18.3 Å². The Morgan fingerprint density at radius 1 is 1.40 bits per heavy atom. The minimum Gasteiger partial charge on any atom is -0.348 e. The van der Waals surface area contributed by atoms with Crippen molar-refractivity contribution >= 4 is 33.4 Å². The molecule has 1 N–H and O–H groups in total. The lowest BCUT2D eigenvalue weighted by Crippen LogP contribution is -2.34. The normalized spacial score (nSPS) is 11.9. The van der Waals surface area contributed by atoms with Crippen LogP contribution in [0.4, 0.5) is 0 Å². The molecule has 5 heteroatoms. The summed E-state index contributed by atoms with van der Waals surface area (Å²) in [7, 11) is 0. The van der Waals surface area contributed by atoms with Crippen LogP contribution in [-0.2, 0) is 6.42 Å². The van der Waals surface area contributed by atoms with Crippen LogP contribution in [0.15, 0.2) is 47.1 Å². The van der Waals surface area contributed by atoms with E-state index in [1.165, 1.54) is 0 Å². The highest BCUT2D eigenvalue weighted by Gasteiger charge is 2.11. The van der Waals surface area contributed by atoms with Gasteiger partial charge in [-0.25, -0.2) is 4.98 Å². The monoisotopic (exact) mass is 352 g/mol. The number of benzene rings is 1. The van der Waals surface area contributed by atoms with E-state index in [1.807, 2.05) is 31.2 Å². The van der Waals surface area contributed by atoms with Gasteiger partial charge in [-0.2, -0.15) is 0 Å². The summed E-state index contributed by atoms with van der Waals surface area (Å²) in [5, 5.41) is 3.63. The minimum atomic E-state index is -0.174. The topological polar surface area (TPSA) is 42.0 Å². The number of halogens is 2. The molecule has 104 valence electrons. The van der Waals surface area contributed by atoms with Crippen molar-refractivity contribution in [1.29, 1.82) is 0 Å². The lowest BCUT2D eigenvalue weighted by molar-refractivity contribution is 0.0935. The first-order chi connectivity index (χ1) is 9.54. The summed E-state index contributed by atoms with van der Waals surface area (Å²) in [6.07, 6.45) is 2.33. The summed E-state index contributed by atoms with van der Waals surface area (Å²) in [6.45, 7) is 1.96. The third kappa shape index (κ3) is 4.32. The fourth-order valence-electron chi connectivity index (χ4n) is 1.88. The number of carbonyl (C=O) groups excluding carboxylic acids is 1. The molecule has 3 nitrogen and oxygen atoms in total. The van der Waals surface area contributed by atoms with Crippen LogP contribution in [-0.4, -0.2) is 16.9 Å². The van der Waals surface area contributed by atoms with Gasteiger partial charge < -0.3 is 5.32 Å². The standard InChI is InChI=1S/C15H14BrClN2O/c1-10(7-11-3-2-4-13(17)8-11)19-15(20)14-6-5-12(16)9-18-14/h2-6,8-10H,7H2,1H3,(H,19,20). The highest BCUT2D eigenvalue weighted by atomic mass is 79.9. The van der Waals surface area contributed by atoms with Crippen LogP contribution in [0.3, 0.4) is 0 Å². The van der Waals surface area contributed by atoms with Gasteiger partial charge in [-0.05, 0) is 59.1 Å². The predicted octanol–water partition coefficient (Wildman–Crippen LogP) is 3.86. The molecule has 1 heterocycles. The fourth-order valence-corrected chi connectivity index (χ4v) is 2.32. The van der Waals surface area contributed by atoms with Crippen LogP contribution >= 0.6 is 27.5 Å². The number of amides is 1. The minimum absolute atomic E-state index is 0.00594. The Hall–Kier alpha value is -1.39. The van der Waals surface area contributed by atoms with E-state index in [0.29, 0.717) is 10.7 Å². The Morgan fingerprint density at radius 2 is 2.20 bits per heavy atom. The number of nitrogens with one attached hydrogen (secondary N) is 1. The van der Waals surface area contributed by atoms with Crippen LogP contribution in [0.1, 0.15) is 23.0 Å². The van der Waals surface area contributed by atoms with Gasteiger partial charge in [-0.1, -0.05) is 23.7 Å². The lowest BCUT2D eigenvalue weighted by atomic mass is 10.1. The zero-order chi connectivity index (χ0) is 14.5. The van der Waals surface area contributed by atoms with Gasteiger partial charge >= 0.3 is 0 Å². The van der Waals surface area contributed by atoms with Crippen LogP contribution in [0, 0.1) is 0 Å². The fraction of sp³-hybridized carbons (Fsp3) is 0.200. The average molecular weight is 354 g/mol. The molecule has 20 heavy (non-hydrogen) atoms. The van der Waals surface area contributed by atoms with Gasteiger partial charge in [0.15, 0.2) is 0 Å². The molecule has 0 bridgehead atoms. The lowest BCUT2D eigenvalue weighted by Gasteiger charge is -2.13. The SMILES string of the molecule is CC(Cc1cccc(Cl)c1)NC(=O)c1ccc(Br)cn1. The van der Waals surface area contributed by atoms with Crippen LogP contribution in [0.5, 0.6) is 0 Å². The van der Waals surface area contributed by atoms with E-state index < -0.39 is 0 Å². The van der Waals surface area contributed by atoms with Crippen molar-refractivity contribution in [3.63, 3.8) is 0 Å². The summed E-state index contributed by atoms with van der Waals surface area (Å²) in [4.78, 5) is 16.1. The zero-order valence-corrected chi connectivity index (χ0v) is 13.3. The van der Waals surface area contributed by atoms with E-state index in [2.05, 4.69) is 26.2 Å². The molecule has 0 saturated heterocycles. The summed E-state index contributed by atoms with van der Waals surface area (Å²) >= 11 is 9.23. The number of pyridine rings is 1. The molecule has 0 spiro atoms. The van der Waals surface area contributed by atoms with Crippen LogP contribution < -0.4 is 5.32 Å². The van der Waals surface area contributed by atoms with Crippen LogP contribution in [0.2, 0.25) is 5.02 Å².